The molecule has 0 aliphatic carbocycles. The second-order valence-electron chi connectivity index (χ2n) is 3.59. The van der Waals surface area contributed by atoms with E-state index in [1.54, 1.807) is 13.8 Å². The lowest BCUT2D eigenvalue weighted by Crippen LogP contribution is -2.38. The number of aliphatic hydroxyl groups is 1. The fraction of sp³-hybridized carbons (Fsp3) is 0.444. The SMILES string of the molecule is CC(C)(O)CNC(=O)c1sccc1F. The Morgan fingerprint density at radius 2 is 2.36 bits per heavy atom. The fourth-order valence-electron chi connectivity index (χ4n) is 0.833. The van der Waals surface area contributed by atoms with E-state index in [2.05, 4.69) is 5.32 Å². The molecule has 0 aromatic carbocycles. The molecule has 0 aliphatic rings. The summed E-state index contributed by atoms with van der Waals surface area (Å²) in [6.45, 7) is 3.24. The number of carbonyl (C=O) groups excluding carboxylic acids is 1. The third-order valence-electron chi connectivity index (χ3n) is 1.50. The van der Waals surface area contributed by atoms with Gasteiger partial charge in [0.2, 0.25) is 0 Å². The van der Waals surface area contributed by atoms with E-state index >= 15 is 0 Å². The Morgan fingerprint density at radius 1 is 1.71 bits per heavy atom. The molecule has 14 heavy (non-hydrogen) atoms. The molecular formula is C9H12FNO2S. The lowest BCUT2D eigenvalue weighted by molar-refractivity contribution is 0.0694. The highest BCUT2D eigenvalue weighted by molar-refractivity contribution is 7.12. The van der Waals surface area contributed by atoms with Gasteiger partial charge in [-0.25, -0.2) is 4.39 Å². The molecule has 1 aromatic rings. The van der Waals surface area contributed by atoms with E-state index in [0.29, 0.717) is 0 Å². The summed E-state index contributed by atoms with van der Waals surface area (Å²) in [5.41, 5.74) is -0.983. The first-order valence-electron chi connectivity index (χ1n) is 4.14. The van der Waals surface area contributed by atoms with E-state index in [0.717, 1.165) is 11.3 Å². The highest BCUT2D eigenvalue weighted by atomic mass is 32.1. The van der Waals surface area contributed by atoms with E-state index in [1.165, 1.54) is 11.4 Å². The first-order chi connectivity index (χ1) is 6.40. The average Bonchev–Trinajstić information content (AvgIpc) is 2.46. The molecule has 1 rings (SSSR count). The highest BCUT2D eigenvalue weighted by Crippen LogP contribution is 2.14. The van der Waals surface area contributed by atoms with Crippen LogP contribution in [0.15, 0.2) is 11.4 Å². The number of thiophene rings is 1. The summed E-state index contributed by atoms with van der Waals surface area (Å²) in [5, 5.41) is 13.3. The number of rotatable bonds is 3. The molecule has 0 aliphatic heterocycles. The zero-order valence-electron chi connectivity index (χ0n) is 8.00. The molecule has 3 nitrogen and oxygen atoms in total. The predicted molar refractivity (Wildman–Crippen MR) is 52.9 cm³/mol. The molecule has 0 saturated carbocycles. The summed E-state index contributed by atoms with van der Waals surface area (Å²) in [6, 6.07) is 1.24. The van der Waals surface area contributed by atoms with Crippen molar-refractivity contribution >= 4 is 17.2 Å². The van der Waals surface area contributed by atoms with Gasteiger partial charge in [-0.15, -0.1) is 11.3 Å². The molecule has 1 heterocycles. The van der Waals surface area contributed by atoms with Crippen molar-refractivity contribution in [3.05, 3.63) is 22.1 Å². The minimum atomic E-state index is -0.983. The van der Waals surface area contributed by atoms with Gasteiger partial charge in [-0.1, -0.05) is 0 Å². The standard InChI is InChI=1S/C9H12FNO2S/c1-9(2,13)5-11-8(12)7-6(10)3-4-14-7/h3-4,13H,5H2,1-2H3,(H,11,12). The van der Waals surface area contributed by atoms with Crippen molar-refractivity contribution in [2.24, 2.45) is 0 Å². The Labute approximate surface area is 85.6 Å². The zero-order chi connectivity index (χ0) is 10.8. The number of halogens is 1. The van der Waals surface area contributed by atoms with Crippen LogP contribution >= 0.6 is 11.3 Å². The van der Waals surface area contributed by atoms with Gasteiger partial charge in [0.25, 0.3) is 5.91 Å². The van der Waals surface area contributed by atoms with Crippen molar-refractivity contribution in [2.45, 2.75) is 19.4 Å². The summed E-state index contributed by atoms with van der Waals surface area (Å²) < 4.78 is 12.9. The minimum Gasteiger partial charge on any atom is -0.389 e. The van der Waals surface area contributed by atoms with Crippen LogP contribution in [0.4, 0.5) is 4.39 Å². The van der Waals surface area contributed by atoms with Crippen LogP contribution in [0.2, 0.25) is 0 Å². The van der Waals surface area contributed by atoms with Crippen LogP contribution in [0.3, 0.4) is 0 Å². The van der Waals surface area contributed by atoms with Gasteiger partial charge < -0.3 is 10.4 Å². The van der Waals surface area contributed by atoms with Crippen LogP contribution in [0.5, 0.6) is 0 Å². The number of hydrogen-bond acceptors (Lipinski definition) is 3. The first-order valence-corrected chi connectivity index (χ1v) is 5.02. The molecule has 78 valence electrons. The maximum Gasteiger partial charge on any atom is 0.264 e. The highest BCUT2D eigenvalue weighted by Gasteiger charge is 2.17. The molecule has 2 N–H and O–H groups in total. The molecule has 0 unspecified atom stereocenters. The normalized spacial score (nSPS) is 11.4. The van der Waals surface area contributed by atoms with Crippen LogP contribution in [-0.2, 0) is 0 Å². The molecule has 0 saturated heterocycles. The van der Waals surface area contributed by atoms with Crippen LogP contribution in [-0.4, -0.2) is 23.2 Å². The van der Waals surface area contributed by atoms with Gasteiger partial charge >= 0.3 is 0 Å². The van der Waals surface area contributed by atoms with Gasteiger partial charge in [-0.3, -0.25) is 4.79 Å². The lowest BCUT2D eigenvalue weighted by atomic mass is 10.1. The Balaban J connectivity index is 2.56. The number of amides is 1. The van der Waals surface area contributed by atoms with Crippen LogP contribution < -0.4 is 5.32 Å². The van der Waals surface area contributed by atoms with Crippen LogP contribution in [0.25, 0.3) is 0 Å². The van der Waals surface area contributed by atoms with E-state index in [9.17, 15) is 14.3 Å². The third kappa shape index (κ3) is 3.08. The Hall–Kier alpha value is -0.940. The van der Waals surface area contributed by atoms with Gasteiger partial charge in [0, 0.05) is 6.54 Å². The van der Waals surface area contributed by atoms with Crippen molar-refractivity contribution < 1.29 is 14.3 Å². The quantitative estimate of drug-likeness (QED) is 0.803. The maximum absolute atomic E-state index is 12.9. The van der Waals surface area contributed by atoms with E-state index in [-0.39, 0.29) is 11.4 Å². The second-order valence-corrected chi connectivity index (χ2v) is 4.51. The van der Waals surface area contributed by atoms with Crippen LogP contribution in [0.1, 0.15) is 23.5 Å². The summed E-state index contributed by atoms with van der Waals surface area (Å²) >= 11 is 1.04. The smallest absolute Gasteiger partial charge is 0.264 e. The molecule has 0 spiro atoms. The van der Waals surface area contributed by atoms with Gasteiger partial charge in [0.05, 0.1) is 5.60 Å². The number of nitrogens with one attached hydrogen (secondary N) is 1. The van der Waals surface area contributed by atoms with Crippen LogP contribution in [0, 0.1) is 5.82 Å². The molecule has 0 radical (unpaired) electrons. The first kappa shape index (κ1) is 11.1. The van der Waals surface area contributed by atoms with E-state index in [1.807, 2.05) is 0 Å². The van der Waals surface area contributed by atoms with Gasteiger partial charge in [-0.05, 0) is 25.3 Å². The molecule has 0 fully saturated rings. The van der Waals surface area contributed by atoms with Crippen molar-refractivity contribution in [3.63, 3.8) is 0 Å². The number of hydrogen-bond donors (Lipinski definition) is 2. The van der Waals surface area contributed by atoms with Gasteiger partial charge in [-0.2, -0.15) is 0 Å². The monoisotopic (exact) mass is 217 g/mol. The lowest BCUT2D eigenvalue weighted by Gasteiger charge is -2.17. The summed E-state index contributed by atoms with van der Waals surface area (Å²) in [7, 11) is 0. The number of carbonyl (C=O) groups is 1. The van der Waals surface area contributed by atoms with Gasteiger partial charge in [0.1, 0.15) is 10.7 Å². The molecule has 1 amide bonds. The van der Waals surface area contributed by atoms with E-state index in [4.69, 9.17) is 0 Å². The Kier molecular flexibility index (Phi) is 3.23. The Morgan fingerprint density at radius 3 is 2.79 bits per heavy atom. The average molecular weight is 217 g/mol. The van der Waals surface area contributed by atoms with E-state index < -0.39 is 17.3 Å². The summed E-state index contributed by atoms with van der Waals surface area (Å²) in [6.07, 6.45) is 0. The molecule has 0 bridgehead atoms. The predicted octanol–water partition coefficient (Wildman–Crippen LogP) is 1.39. The minimum absolute atomic E-state index is 0.0502. The topological polar surface area (TPSA) is 49.3 Å². The summed E-state index contributed by atoms with van der Waals surface area (Å²) in [5.74, 6) is -1.01. The third-order valence-corrected chi connectivity index (χ3v) is 2.39. The van der Waals surface area contributed by atoms with Crippen molar-refractivity contribution in [3.8, 4) is 0 Å². The zero-order valence-corrected chi connectivity index (χ0v) is 8.82. The second kappa shape index (κ2) is 4.06. The van der Waals surface area contributed by atoms with Crippen molar-refractivity contribution in [1.29, 1.82) is 0 Å². The van der Waals surface area contributed by atoms with Crippen molar-refractivity contribution in [1.82, 2.24) is 5.32 Å². The Bertz CT molecular complexity index is 330. The molecule has 1 aromatic heterocycles. The molecule has 5 heteroatoms. The largest absolute Gasteiger partial charge is 0.389 e. The maximum atomic E-state index is 12.9. The molecule has 0 atom stereocenters. The fourth-order valence-corrected chi connectivity index (χ4v) is 1.52. The van der Waals surface area contributed by atoms with Gasteiger partial charge in [0.15, 0.2) is 0 Å². The summed E-state index contributed by atoms with van der Waals surface area (Å²) in [4.78, 5) is 11.4. The van der Waals surface area contributed by atoms with Crippen molar-refractivity contribution in [2.75, 3.05) is 6.54 Å². The molecular weight excluding hydrogens is 205 g/mol.